The Morgan fingerprint density at radius 3 is 2.58 bits per heavy atom. The third-order valence-corrected chi connectivity index (χ3v) is 3.35. The Labute approximate surface area is 153 Å². The molecular weight excluding hydrogens is 332 g/mol. The molecule has 0 aliphatic heterocycles. The van der Waals surface area contributed by atoms with Crippen LogP contribution in [0.2, 0.25) is 0 Å². The Bertz CT molecular complexity index is 701. The van der Waals surface area contributed by atoms with Gasteiger partial charge in [-0.1, -0.05) is 18.7 Å². The molecule has 0 saturated carbocycles. The van der Waals surface area contributed by atoms with Crippen molar-refractivity contribution in [2.75, 3.05) is 44.1 Å². The predicted octanol–water partition coefficient (Wildman–Crippen LogP) is 3.33. The van der Waals surface area contributed by atoms with E-state index in [4.69, 9.17) is 14.2 Å². The van der Waals surface area contributed by atoms with Crippen molar-refractivity contribution in [1.29, 1.82) is 0 Å². The van der Waals surface area contributed by atoms with Gasteiger partial charge in [0.05, 0.1) is 13.2 Å². The number of ether oxygens (including phenoxy) is 3. The van der Waals surface area contributed by atoms with Crippen LogP contribution in [0.3, 0.4) is 0 Å². The summed E-state index contributed by atoms with van der Waals surface area (Å²) in [4.78, 5) is 12.1. The van der Waals surface area contributed by atoms with Gasteiger partial charge in [0.2, 0.25) is 5.91 Å². The van der Waals surface area contributed by atoms with Gasteiger partial charge in [0.25, 0.3) is 0 Å². The van der Waals surface area contributed by atoms with Gasteiger partial charge in [-0.05, 0) is 36.4 Å². The van der Waals surface area contributed by atoms with Crippen LogP contribution in [0.1, 0.15) is 0 Å². The van der Waals surface area contributed by atoms with E-state index in [1.54, 1.807) is 37.5 Å². The summed E-state index contributed by atoms with van der Waals surface area (Å²) in [5.41, 5.74) is 1.52. The van der Waals surface area contributed by atoms with Crippen LogP contribution in [0.25, 0.3) is 0 Å². The number of anilines is 2. The maximum atomic E-state index is 12.1. The Morgan fingerprint density at radius 1 is 1.04 bits per heavy atom. The summed E-state index contributed by atoms with van der Waals surface area (Å²) >= 11 is 0. The number of carbonyl (C=O) groups is 1. The molecule has 0 radical (unpaired) electrons. The molecule has 0 aromatic heterocycles. The molecule has 6 nitrogen and oxygen atoms in total. The Kier molecular flexibility index (Phi) is 8.02. The standard InChI is InChI=1S/C20H24N2O4/c1-3-11-25-19-6-4-5-17(14-19)21-15-20(23)22-16-7-9-18(10-8-16)26-13-12-24-2/h3-10,14,21H,1,11-13,15H2,2H3,(H,22,23). The smallest absolute Gasteiger partial charge is 0.243 e. The molecule has 2 aromatic rings. The van der Waals surface area contributed by atoms with Crippen LogP contribution < -0.4 is 20.1 Å². The van der Waals surface area contributed by atoms with Crippen molar-refractivity contribution in [2.45, 2.75) is 0 Å². The minimum absolute atomic E-state index is 0.143. The van der Waals surface area contributed by atoms with Crippen molar-refractivity contribution in [3.8, 4) is 11.5 Å². The minimum atomic E-state index is -0.143. The number of carbonyl (C=O) groups excluding carboxylic acids is 1. The average molecular weight is 356 g/mol. The zero-order valence-corrected chi connectivity index (χ0v) is 14.9. The Hall–Kier alpha value is -2.99. The summed E-state index contributed by atoms with van der Waals surface area (Å²) in [5, 5.41) is 5.90. The number of hydrogen-bond acceptors (Lipinski definition) is 5. The van der Waals surface area contributed by atoms with Crippen LogP contribution >= 0.6 is 0 Å². The van der Waals surface area contributed by atoms with E-state index < -0.39 is 0 Å². The molecule has 2 aromatic carbocycles. The first-order chi connectivity index (χ1) is 12.7. The lowest BCUT2D eigenvalue weighted by molar-refractivity contribution is -0.114. The average Bonchev–Trinajstić information content (AvgIpc) is 2.67. The summed E-state index contributed by atoms with van der Waals surface area (Å²) in [7, 11) is 1.63. The number of hydrogen-bond donors (Lipinski definition) is 2. The summed E-state index contributed by atoms with van der Waals surface area (Å²) in [6.07, 6.45) is 1.68. The van der Waals surface area contributed by atoms with Crippen LogP contribution in [0.4, 0.5) is 11.4 Å². The number of methoxy groups -OCH3 is 1. The van der Waals surface area contributed by atoms with Crippen LogP contribution in [-0.2, 0) is 9.53 Å². The molecular formula is C20H24N2O4. The zero-order valence-electron chi connectivity index (χ0n) is 14.9. The monoisotopic (exact) mass is 356 g/mol. The highest BCUT2D eigenvalue weighted by atomic mass is 16.5. The topological polar surface area (TPSA) is 68.8 Å². The fourth-order valence-electron chi connectivity index (χ4n) is 2.12. The van der Waals surface area contributed by atoms with E-state index in [0.717, 1.165) is 17.2 Å². The summed E-state index contributed by atoms with van der Waals surface area (Å²) in [6, 6.07) is 14.6. The molecule has 0 saturated heterocycles. The van der Waals surface area contributed by atoms with Gasteiger partial charge in [-0.3, -0.25) is 4.79 Å². The second-order valence-corrected chi connectivity index (χ2v) is 5.39. The van der Waals surface area contributed by atoms with Crippen molar-refractivity contribution < 1.29 is 19.0 Å². The highest BCUT2D eigenvalue weighted by Gasteiger charge is 2.04. The summed E-state index contributed by atoms with van der Waals surface area (Å²) in [5.74, 6) is 1.31. The van der Waals surface area contributed by atoms with E-state index in [0.29, 0.717) is 25.5 Å². The Balaban J connectivity index is 1.78. The number of amides is 1. The molecule has 0 bridgehead atoms. The molecule has 0 atom stereocenters. The van der Waals surface area contributed by atoms with Gasteiger partial charge in [0.1, 0.15) is 24.7 Å². The molecule has 138 valence electrons. The number of rotatable bonds is 11. The second-order valence-electron chi connectivity index (χ2n) is 5.39. The van der Waals surface area contributed by atoms with Gasteiger partial charge < -0.3 is 24.8 Å². The molecule has 6 heteroatoms. The largest absolute Gasteiger partial charge is 0.491 e. The molecule has 26 heavy (non-hydrogen) atoms. The van der Waals surface area contributed by atoms with Crippen molar-refractivity contribution in [2.24, 2.45) is 0 Å². The van der Waals surface area contributed by atoms with Gasteiger partial charge >= 0.3 is 0 Å². The maximum Gasteiger partial charge on any atom is 0.243 e. The third-order valence-electron chi connectivity index (χ3n) is 3.35. The van der Waals surface area contributed by atoms with Gasteiger partial charge in [-0.15, -0.1) is 0 Å². The lowest BCUT2D eigenvalue weighted by atomic mass is 10.3. The number of nitrogens with one attached hydrogen (secondary N) is 2. The number of benzene rings is 2. The first-order valence-electron chi connectivity index (χ1n) is 8.30. The lowest BCUT2D eigenvalue weighted by Crippen LogP contribution is -2.21. The van der Waals surface area contributed by atoms with Crippen molar-refractivity contribution in [1.82, 2.24) is 0 Å². The molecule has 0 aliphatic rings. The van der Waals surface area contributed by atoms with Crippen molar-refractivity contribution in [3.63, 3.8) is 0 Å². The molecule has 1 amide bonds. The summed E-state index contributed by atoms with van der Waals surface area (Å²) in [6.45, 7) is 5.22. The van der Waals surface area contributed by atoms with Crippen molar-refractivity contribution >= 4 is 17.3 Å². The summed E-state index contributed by atoms with van der Waals surface area (Å²) < 4.78 is 15.9. The third kappa shape index (κ3) is 6.86. The van der Waals surface area contributed by atoms with E-state index in [2.05, 4.69) is 17.2 Å². The molecule has 0 fully saturated rings. The molecule has 0 heterocycles. The van der Waals surface area contributed by atoms with Gasteiger partial charge in [-0.25, -0.2) is 0 Å². The van der Waals surface area contributed by atoms with E-state index in [-0.39, 0.29) is 12.5 Å². The van der Waals surface area contributed by atoms with Gasteiger partial charge in [0, 0.05) is 24.6 Å². The van der Waals surface area contributed by atoms with Crippen LogP contribution in [0.15, 0.2) is 61.2 Å². The highest BCUT2D eigenvalue weighted by Crippen LogP contribution is 2.18. The molecule has 0 unspecified atom stereocenters. The molecule has 0 spiro atoms. The fraction of sp³-hybridized carbons (Fsp3) is 0.250. The molecule has 2 rings (SSSR count). The minimum Gasteiger partial charge on any atom is -0.491 e. The zero-order chi connectivity index (χ0) is 18.6. The van der Waals surface area contributed by atoms with Gasteiger partial charge in [0.15, 0.2) is 0 Å². The van der Waals surface area contributed by atoms with Crippen LogP contribution in [0, 0.1) is 0 Å². The highest BCUT2D eigenvalue weighted by molar-refractivity contribution is 5.93. The molecule has 2 N–H and O–H groups in total. The lowest BCUT2D eigenvalue weighted by Gasteiger charge is -2.10. The van der Waals surface area contributed by atoms with E-state index in [1.807, 2.05) is 24.3 Å². The first-order valence-corrected chi connectivity index (χ1v) is 8.30. The van der Waals surface area contributed by atoms with Crippen LogP contribution in [-0.4, -0.2) is 39.4 Å². The second kappa shape index (κ2) is 10.8. The molecule has 0 aliphatic carbocycles. The first kappa shape index (κ1) is 19.3. The maximum absolute atomic E-state index is 12.1. The SMILES string of the molecule is C=CCOc1cccc(NCC(=O)Nc2ccc(OCCOC)cc2)c1. The van der Waals surface area contributed by atoms with E-state index in [1.165, 1.54) is 0 Å². The van der Waals surface area contributed by atoms with Crippen LogP contribution in [0.5, 0.6) is 11.5 Å². The fourth-order valence-corrected chi connectivity index (χ4v) is 2.12. The normalized spacial score (nSPS) is 10.0. The predicted molar refractivity (Wildman–Crippen MR) is 103 cm³/mol. The van der Waals surface area contributed by atoms with E-state index in [9.17, 15) is 4.79 Å². The van der Waals surface area contributed by atoms with Gasteiger partial charge in [-0.2, -0.15) is 0 Å². The Morgan fingerprint density at radius 2 is 1.85 bits per heavy atom. The van der Waals surface area contributed by atoms with E-state index >= 15 is 0 Å². The quantitative estimate of drug-likeness (QED) is 0.477. The van der Waals surface area contributed by atoms with Crippen molar-refractivity contribution in [3.05, 3.63) is 61.2 Å².